The van der Waals surface area contributed by atoms with Gasteiger partial charge in [0.15, 0.2) is 0 Å². The van der Waals surface area contributed by atoms with Crippen LogP contribution >= 0.6 is 0 Å². The van der Waals surface area contributed by atoms with Crippen LogP contribution in [0.15, 0.2) is 18.2 Å². The van der Waals surface area contributed by atoms with Crippen molar-refractivity contribution in [2.24, 2.45) is 5.92 Å². The van der Waals surface area contributed by atoms with E-state index in [1.807, 2.05) is 0 Å². The second kappa shape index (κ2) is 6.44. The van der Waals surface area contributed by atoms with Crippen LogP contribution in [-0.2, 0) is 4.79 Å². The van der Waals surface area contributed by atoms with Gasteiger partial charge in [0.25, 0.3) is 5.91 Å². The molecule has 0 spiro atoms. The average Bonchev–Trinajstić information content (AvgIpc) is 3.22. The number of carbonyl (C=O) groups excluding carboxylic acids is 1. The molecule has 2 aromatic rings. The number of benzene rings is 1. The molecule has 0 saturated heterocycles. The van der Waals surface area contributed by atoms with Gasteiger partial charge in [-0.25, -0.2) is 0 Å². The van der Waals surface area contributed by atoms with Gasteiger partial charge in [0.1, 0.15) is 11.0 Å². The van der Waals surface area contributed by atoms with Crippen LogP contribution in [0.4, 0.5) is 0 Å². The Balaban J connectivity index is 1.32. The maximum absolute atomic E-state index is 12.4. The Kier molecular flexibility index (Phi) is 4.12. The quantitative estimate of drug-likeness (QED) is 0.692. The average molecular weight is 343 g/mol. The molecule has 0 atom stereocenters. The van der Waals surface area contributed by atoms with E-state index in [1.165, 1.54) is 12.8 Å². The number of carboxylic acids is 1. The first-order valence-electron chi connectivity index (χ1n) is 8.65. The third-order valence-corrected chi connectivity index (χ3v) is 5.07. The molecular weight excluding hydrogens is 322 g/mol. The fourth-order valence-corrected chi connectivity index (χ4v) is 3.40. The normalized spacial score (nSPS) is 22.8. The molecule has 1 aromatic carbocycles. The highest BCUT2D eigenvalue weighted by Gasteiger charge is 2.37. The number of aromatic nitrogens is 3. The van der Waals surface area contributed by atoms with Crippen molar-refractivity contribution in [2.45, 2.75) is 37.8 Å². The molecule has 0 radical (unpaired) electrons. The van der Waals surface area contributed by atoms with Gasteiger partial charge in [-0.2, -0.15) is 15.4 Å². The Morgan fingerprint density at radius 1 is 1.24 bits per heavy atom. The number of hydrogen-bond donors (Lipinski definition) is 3. The molecule has 1 amide bonds. The number of nitrogens with zero attached hydrogens (tertiary/aromatic N) is 3. The molecule has 0 unspecified atom stereocenters. The molecule has 25 heavy (non-hydrogen) atoms. The minimum atomic E-state index is -0.783. The number of aliphatic carboxylic acids is 1. The van der Waals surface area contributed by atoms with Crippen molar-refractivity contribution in [1.29, 1.82) is 0 Å². The Hall–Kier alpha value is -2.48. The Labute approximate surface area is 144 Å². The second-order valence-electron chi connectivity index (χ2n) is 7.09. The number of rotatable bonds is 7. The Morgan fingerprint density at radius 2 is 2.00 bits per heavy atom. The lowest BCUT2D eigenvalue weighted by molar-refractivity contribution is -0.139. The van der Waals surface area contributed by atoms with Gasteiger partial charge in [-0.1, -0.05) is 0 Å². The predicted octanol–water partition coefficient (Wildman–Crippen LogP) is 1.02. The summed E-state index contributed by atoms with van der Waals surface area (Å²) in [6, 6.07) is 5.57. The number of aromatic amines is 1. The number of carboxylic acid groups (broad SMARTS) is 1. The summed E-state index contributed by atoms with van der Waals surface area (Å²) in [4.78, 5) is 25.5. The van der Waals surface area contributed by atoms with E-state index in [0.29, 0.717) is 17.0 Å². The van der Waals surface area contributed by atoms with E-state index in [2.05, 4.69) is 25.6 Å². The van der Waals surface area contributed by atoms with Crippen molar-refractivity contribution in [3.05, 3.63) is 23.8 Å². The molecule has 2 fully saturated rings. The third kappa shape index (κ3) is 3.63. The number of nitrogens with one attached hydrogen (secondary N) is 2. The van der Waals surface area contributed by atoms with Crippen molar-refractivity contribution in [2.75, 3.05) is 13.1 Å². The zero-order chi connectivity index (χ0) is 17.4. The highest BCUT2D eigenvalue weighted by molar-refractivity contribution is 5.97. The smallest absolute Gasteiger partial charge is 0.317 e. The maximum Gasteiger partial charge on any atom is 0.317 e. The summed E-state index contributed by atoms with van der Waals surface area (Å²) in [6.07, 6.45) is 4.01. The number of amides is 1. The second-order valence-corrected chi connectivity index (χ2v) is 7.09. The van der Waals surface area contributed by atoms with Crippen molar-refractivity contribution in [3.63, 3.8) is 0 Å². The van der Waals surface area contributed by atoms with Crippen molar-refractivity contribution < 1.29 is 14.7 Å². The Morgan fingerprint density at radius 3 is 2.72 bits per heavy atom. The van der Waals surface area contributed by atoms with Crippen LogP contribution in [0, 0.1) is 5.92 Å². The van der Waals surface area contributed by atoms with E-state index in [9.17, 15) is 9.59 Å². The molecule has 3 N–H and O–H groups in total. The van der Waals surface area contributed by atoms with Gasteiger partial charge in [0.2, 0.25) is 0 Å². The van der Waals surface area contributed by atoms with Crippen LogP contribution in [0.1, 0.15) is 36.0 Å². The summed E-state index contributed by atoms with van der Waals surface area (Å²) in [5.41, 5.74) is 1.95. The number of fused-ring (bicyclic) bond motifs is 1. The van der Waals surface area contributed by atoms with Crippen LogP contribution in [0.3, 0.4) is 0 Å². The minimum absolute atomic E-state index is 0.0880. The van der Waals surface area contributed by atoms with Crippen LogP contribution in [0.2, 0.25) is 0 Å². The Bertz CT molecular complexity index is 794. The lowest BCUT2D eigenvalue weighted by Gasteiger charge is -2.42. The lowest BCUT2D eigenvalue weighted by Crippen LogP contribution is -2.55. The van der Waals surface area contributed by atoms with E-state index >= 15 is 0 Å². The summed E-state index contributed by atoms with van der Waals surface area (Å²) >= 11 is 0. The summed E-state index contributed by atoms with van der Waals surface area (Å²) in [5.74, 6) is -0.253. The SMILES string of the molecule is O=C(O)CN(CC1CC1)C1CC(NC(=O)c2ccc3n[nH]nc3c2)C1. The molecule has 0 aliphatic heterocycles. The van der Waals surface area contributed by atoms with Gasteiger partial charge in [-0.3, -0.25) is 14.5 Å². The van der Waals surface area contributed by atoms with Gasteiger partial charge < -0.3 is 10.4 Å². The summed E-state index contributed by atoms with van der Waals surface area (Å²) in [7, 11) is 0. The highest BCUT2D eigenvalue weighted by atomic mass is 16.4. The van der Waals surface area contributed by atoms with Gasteiger partial charge in [-0.05, 0) is 49.8 Å². The lowest BCUT2D eigenvalue weighted by atomic mass is 9.85. The predicted molar refractivity (Wildman–Crippen MR) is 90.1 cm³/mol. The first kappa shape index (κ1) is 16.0. The third-order valence-electron chi connectivity index (χ3n) is 5.07. The van der Waals surface area contributed by atoms with Crippen LogP contribution < -0.4 is 5.32 Å². The van der Waals surface area contributed by atoms with E-state index < -0.39 is 5.97 Å². The molecule has 1 aromatic heterocycles. The van der Waals surface area contributed by atoms with E-state index in [1.54, 1.807) is 18.2 Å². The molecule has 8 nitrogen and oxygen atoms in total. The number of carbonyl (C=O) groups is 2. The number of hydrogen-bond acceptors (Lipinski definition) is 5. The van der Waals surface area contributed by atoms with Crippen LogP contribution in [-0.4, -0.2) is 62.5 Å². The molecule has 2 saturated carbocycles. The topological polar surface area (TPSA) is 111 Å². The molecule has 2 aliphatic rings. The summed E-state index contributed by atoms with van der Waals surface area (Å²) < 4.78 is 0. The largest absolute Gasteiger partial charge is 0.480 e. The zero-order valence-electron chi connectivity index (χ0n) is 13.8. The standard InChI is InChI=1S/C17H21N5O3/c23-16(24)9-22(8-10-1-2-10)13-6-12(7-13)18-17(25)11-3-4-14-15(5-11)20-21-19-14/h3-5,10,12-13H,1-2,6-9H2,(H,18,25)(H,23,24)(H,19,20,21). The first-order valence-corrected chi connectivity index (χ1v) is 8.65. The van der Waals surface area contributed by atoms with Crippen LogP contribution in [0.5, 0.6) is 0 Å². The van der Waals surface area contributed by atoms with E-state index in [0.717, 1.165) is 24.9 Å². The van der Waals surface area contributed by atoms with E-state index in [4.69, 9.17) is 5.11 Å². The summed E-state index contributed by atoms with van der Waals surface area (Å²) in [5, 5.41) is 22.6. The molecule has 132 valence electrons. The molecule has 8 heteroatoms. The molecule has 0 bridgehead atoms. The van der Waals surface area contributed by atoms with Gasteiger partial charge in [0.05, 0.1) is 6.54 Å². The monoisotopic (exact) mass is 343 g/mol. The molecule has 2 aliphatic carbocycles. The zero-order valence-corrected chi connectivity index (χ0v) is 13.8. The first-order chi connectivity index (χ1) is 12.1. The van der Waals surface area contributed by atoms with Crippen molar-refractivity contribution >= 4 is 22.9 Å². The molecule has 1 heterocycles. The van der Waals surface area contributed by atoms with Gasteiger partial charge in [0, 0.05) is 24.2 Å². The van der Waals surface area contributed by atoms with Crippen LogP contribution in [0.25, 0.3) is 11.0 Å². The van der Waals surface area contributed by atoms with Gasteiger partial charge in [-0.15, -0.1) is 0 Å². The van der Waals surface area contributed by atoms with E-state index in [-0.39, 0.29) is 24.5 Å². The molecular formula is C17H21N5O3. The number of H-pyrrole nitrogens is 1. The molecule has 4 rings (SSSR count). The van der Waals surface area contributed by atoms with Crippen molar-refractivity contribution in [1.82, 2.24) is 25.6 Å². The minimum Gasteiger partial charge on any atom is -0.480 e. The summed E-state index contributed by atoms with van der Waals surface area (Å²) in [6.45, 7) is 0.950. The maximum atomic E-state index is 12.4. The van der Waals surface area contributed by atoms with Gasteiger partial charge >= 0.3 is 5.97 Å². The van der Waals surface area contributed by atoms with Crippen molar-refractivity contribution in [3.8, 4) is 0 Å². The fourth-order valence-electron chi connectivity index (χ4n) is 3.40. The highest BCUT2D eigenvalue weighted by Crippen LogP contribution is 2.33. The fraction of sp³-hybridized carbons (Fsp3) is 0.529.